The number of aliphatic imine (C=N–C) groups is 1. The number of rotatable bonds is 7. The number of anilines is 1. The Balaban J connectivity index is 2.07. The number of nitrogens with zero attached hydrogens (tertiary/aromatic N) is 1. The van der Waals surface area contributed by atoms with E-state index in [1.165, 1.54) is 25.7 Å². The summed E-state index contributed by atoms with van der Waals surface area (Å²) < 4.78 is 0. The van der Waals surface area contributed by atoms with Crippen LogP contribution in [0.2, 0.25) is 0 Å². The van der Waals surface area contributed by atoms with Crippen molar-refractivity contribution in [1.82, 2.24) is 0 Å². The Morgan fingerprint density at radius 2 is 2.15 bits per heavy atom. The van der Waals surface area contributed by atoms with Gasteiger partial charge >= 0.3 is 0 Å². The maximum atomic E-state index is 7.94. The molecule has 108 valence electrons. The topological polar surface area (TPSA) is 74.3 Å². The van der Waals surface area contributed by atoms with E-state index in [2.05, 4.69) is 24.2 Å². The highest BCUT2D eigenvalue weighted by Gasteiger charge is 2.21. The molecule has 2 rings (SSSR count). The van der Waals surface area contributed by atoms with Gasteiger partial charge in [0.05, 0.1) is 5.56 Å². The van der Waals surface area contributed by atoms with Crippen LogP contribution in [0.25, 0.3) is 0 Å². The van der Waals surface area contributed by atoms with Crippen molar-refractivity contribution < 1.29 is 0 Å². The number of nitrogens with two attached hydrogens (primary N) is 1. The highest BCUT2D eigenvalue weighted by Crippen LogP contribution is 2.26. The summed E-state index contributed by atoms with van der Waals surface area (Å²) in [6.45, 7) is 5.41. The molecule has 0 bridgehead atoms. The Morgan fingerprint density at radius 1 is 1.35 bits per heavy atom. The Hall–Kier alpha value is -1.84. The van der Waals surface area contributed by atoms with Crippen LogP contribution in [0, 0.1) is 11.3 Å². The summed E-state index contributed by atoms with van der Waals surface area (Å²) in [5.74, 6) is 1.40. The van der Waals surface area contributed by atoms with Gasteiger partial charge < -0.3 is 11.1 Å². The standard InChI is InChI=1S/C16H24N4/c1-3-5-7-11(4-2)10-19-13-9-6-8-12-14(13)16(18)20-15(12)17/h6,8-9,11,19H,3-5,7,10H2,1-2H3,(H3,17,18,20). The van der Waals surface area contributed by atoms with E-state index in [4.69, 9.17) is 11.1 Å². The molecule has 1 aromatic carbocycles. The summed E-state index contributed by atoms with van der Waals surface area (Å²) in [7, 11) is 0. The monoisotopic (exact) mass is 272 g/mol. The molecule has 1 heterocycles. The number of fused-ring (bicyclic) bond motifs is 1. The number of amidine groups is 2. The Kier molecular flexibility index (Phi) is 4.77. The molecule has 0 spiro atoms. The SMILES string of the molecule is CCCCC(CC)CNc1cccc2c1C(=N)N=C2N. The van der Waals surface area contributed by atoms with Crippen molar-refractivity contribution in [3.8, 4) is 0 Å². The third-order valence-corrected chi connectivity index (χ3v) is 3.93. The highest BCUT2D eigenvalue weighted by atomic mass is 15.0. The van der Waals surface area contributed by atoms with Gasteiger partial charge in [-0.15, -0.1) is 0 Å². The minimum Gasteiger partial charge on any atom is -0.384 e. The quantitative estimate of drug-likeness (QED) is 0.712. The van der Waals surface area contributed by atoms with Gasteiger partial charge in [0.25, 0.3) is 0 Å². The predicted octanol–water partition coefficient (Wildman–Crippen LogP) is 3.36. The molecular weight excluding hydrogens is 248 g/mol. The van der Waals surface area contributed by atoms with E-state index in [9.17, 15) is 0 Å². The number of benzene rings is 1. The van der Waals surface area contributed by atoms with E-state index in [-0.39, 0.29) is 5.84 Å². The van der Waals surface area contributed by atoms with Gasteiger partial charge in [-0.2, -0.15) is 0 Å². The molecule has 0 aromatic heterocycles. The first-order valence-corrected chi connectivity index (χ1v) is 7.47. The fourth-order valence-electron chi connectivity index (χ4n) is 2.60. The molecular formula is C16H24N4. The molecule has 4 N–H and O–H groups in total. The smallest absolute Gasteiger partial charge is 0.157 e. The highest BCUT2D eigenvalue weighted by molar-refractivity contribution is 6.23. The van der Waals surface area contributed by atoms with Crippen LogP contribution in [0.1, 0.15) is 50.7 Å². The average Bonchev–Trinajstić information content (AvgIpc) is 2.75. The van der Waals surface area contributed by atoms with Crippen LogP contribution in [0.15, 0.2) is 23.2 Å². The fraction of sp³-hybridized carbons (Fsp3) is 0.500. The van der Waals surface area contributed by atoms with Gasteiger partial charge in [0, 0.05) is 17.8 Å². The normalized spacial score (nSPS) is 14.9. The van der Waals surface area contributed by atoms with Gasteiger partial charge in [0.15, 0.2) is 5.84 Å². The van der Waals surface area contributed by atoms with E-state index in [0.29, 0.717) is 11.8 Å². The maximum absolute atomic E-state index is 7.94. The van der Waals surface area contributed by atoms with Crippen molar-refractivity contribution in [3.05, 3.63) is 29.3 Å². The van der Waals surface area contributed by atoms with Gasteiger partial charge in [0.2, 0.25) is 0 Å². The predicted molar refractivity (Wildman–Crippen MR) is 85.8 cm³/mol. The first kappa shape index (κ1) is 14.6. The van der Waals surface area contributed by atoms with Gasteiger partial charge in [-0.05, 0) is 18.4 Å². The van der Waals surface area contributed by atoms with Crippen molar-refractivity contribution in [2.24, 2.45) is 16.6 Å². The summed E-state index contributed by atoms with van der Waals surface area (Å²) in [5, 5.41) is 11.4. The summed E-state index contributed by atoms with van der Waals surface area (Å²) in [5.41, 5.74) is 8.53. The zero-order chi connectivity index (χ0) is 14.5. The lowest BCUT2D eigenvalue weighted by Gasteiger charge is -2.17. The van der Waals surface area contributed by atoms with Crippen LogP contribution < -0.4 is 11.1 Å². The average molecular weight is 272 g/mol. The van der Waals surface area contributed by atoms with Crippen LogP contribution >= 0.6 is 0 Å². The van der Waals surface area contributed by atoms with Gasteiger partial charge in [-0.1, -0.05) is 45.2 Å². The maximum Gasteiger partial charge on any atom is 0.157 e. The van der Waals surface area contributed by atoms with Crippen LogP contribution in [0.5, 0.6) is 0 Å². The summed E-state index contributed by atoms with van der Waals surface area (Å²) in [6.07, 6.45) is 4.95. The number of hydrogen-bond acceptors (Lipinski definition) is 3. The lowest BCUT2D eigenvalue weighted by atomic mass is 9.98. The van der Waals surface area contributed by atoms with E-state index in [1.807, 2.05) is 18.2 Å². The Labute approximate surface area is 121 Å². The van der Waals surface area contributed by atoms with E-state index >= 15 is 0 Å². The van der Waals surface area contributed by atoms with Crippen molar-refractivity contribution in [3.63, 3.8) is 0 Å². The molecule has 1 aliphatic rings. The molecule has 1 aromatic rings. The number of hydrogen-bond donors (Lipinski definition) is 3. The molecule has 1 aliphatic heterocycles. The van der Waals surface area contributed by atoms with Crippen molar-refractivity contribution in [2.75, 3.05) is 11.9 Å². The molecule has 1 unspecified atom stereocenters. The van der Waals surface area contributed by atoms with E-state index in [0.717, 1.165) is 23.4 Å². The summed E-state index contributed by atoms with van der Waals surface area (Å²) >= 11 is 0. The molecule has 0 aliphatic carbocycles. The van der Waals surface area contributed by atoms with Crippen molar-refractivity contribution in [1.29, 1.82) is 5.41 Å². The van der Waals surface area contributed by atoms with Crippen LogP contribution in [0.3, 0.4) is 0 Å². The molecule has 0 fully saturated rings. The first-order chi connectivity index (χ1) is 9.67. The lowest BCUT2D eigenvalue weighted by molar-refractivity contribution is 0.473. The number of nitrogens with one attached hydrogen (secondary N) is 2. The van der Waals surface area contributed by atoms with Crippen molar-refractivity contribution in [2.45, 2.75) is 39.5 Å². The van der Waals surface area contributed by atoms with E-state index < -0.39 is 0 Å². The minimum atomic E-state index is 0.266. The lowest BCUT2D eigenvalue weighted by Crippen LogP contribution is -2.16. The largest absolute Gasteiger partial charge is 0.384 e. The second-order valence-electron chi connectivity index (χ2n) is 5.37. The Morgan fingerprint density at radius 3 is 2.85 bits per heavy atom. The molecule has 4 nitrogen and oxygen atoms in total. The third-order valence-electron chi connectivity index (χ3n) is 3.93. The summed E-state index contributed by atoms with van der Waals surface area (Å²) in [6, 6.07) is 5.90. The minimum absolute atomic E-state index is 0.266. The molecule has 0 saturated heterocycles. The van der Waals surface area contributed by atoms with Gasteiger partial charge in [-0.25, -0.2) is 4.99 Å². The zero-order valence-corrected chi connectivity index (χ0v) is 12.4. The summed E-state index contributed by atoms with van der Waals surface area (Å²) in [4.78, 5) is 4.05. The molecule has 0 saturated carbocycles. The van der Waals surface area contributed by atoms with Crippen molar-refractivity contribution >= 4 is 17.4 Å². The van der Waals surface area contributed by atoms with Crippen LogP contribution in [-0.2, 0) is 0 Å². The van der Waals surface area contributed by atoms with Gasteiger partial charge in [0.1, 0.15) is 5.84 Å². The number of unbranched alkanes of at least 4 members (excludes halogenated alkanes) is 1. The molecule has 0 radical (unpaired) electrons. The molecule has 0 amide bonds. The zero-order valence-electron chi connectivity index (χ0n) is 12.4. The molecule has 1 atom stereocenters. The van der Waals surface area contributed by atoms with E-state index in [1.54, 1.807) is 0 Å². The molecule has 20 heavy (non-hydrogen) atoms. The second-order valence-corrected chi connectivity index (χ2v) is 5.37. The Bertz CT molecular complexity index is 519. The third kappa shape index (κ3) is 3.00. The second kappa shape index (κ2) is 6.55. The van der Waals surface area contributed by atoms with Crippen LogP contribution in [-0.4, -0.2) is 18.2 Å². The van der Waals surface area contributed by atoms with Gasteiger partial charge in [-0.3, -0.25) is 5.41 Å². The van der Waals surface area contributed by atoms with Crippen LogP contribution in [0.4, 0.5) is 5.69 Å². The molecule has 4 heteroatoms. The first-order valence-electron chi connectivity index (χ1n) is 7.47. The fourth-order valence-corrected chi connectivity index (χ4v) is 2.60.